The molecule has 0 saturated carbocycles. The lowest BCUT2D eigenvalue weighted by Crippen LogP contribution is -2.22. The molecule has 2 aromatic rings. The van der Waals surface area contributed by atoms with Crippen LogP contribution in [-0.2, 0) is 22.9 Å². The van der Waals surface area contributed by atoms with E-state index in [0.29, 0.717) is 5.56 Å². The number of hydrogen-bond donors (Lipinski definition) is 1. The van der Waals surface area contributed by atoms with Gasteiger partial charge in [0.2, 0.25) is 16.0 Å². The molecule has 0 bridgehead atoms. The smallest absolute Gasteiger partial charge is 0.258 e. The summed E-state index contributed by atoms with van der Waals surface area (Å²) in [5, 5.41) is 2.71. The second-order valence-electron chi connectivity index (χ2n) is 6.53. The number of benzene rings is 1. The maximum absolute atomic E-state index is 12.4. The van der Waals surface area contributed by atoms with Crippen LogP contribution in [0.3, 0.4) is 0 Å². The third-order valence-electron chi connectivity index (χ3n) is 4.51. The summed E-state index contributed by atoms with van der Waals surface area (Å²) in [6.45, 7) is 1.93. The molecule has 1 aliphatic rings. The van der Waals surface area contributed by atoms with Gasteiger partial charge >= 0.3 is 0 Å². The molecular weight excluding hydrogens is 352 g/mol. The first kappa shape index (κ1) is 18.5. The standard InChI is InChI=1S/C18H22N4O3S/c1-12-15-6-4-5-7-16(15)20-18(19-12)21-17(23)13-8-10-14(11-9-13)26(24,25)22(2)3/h8-11H,4-7H2,1-3H3,(H,19,20,21,23). The van der Waals surface area contributed by atoms with E-state index in [9.17, 15) is 13.2 Å². The van der Waals surface area contributed by atoms with Gasteiger partial charge in [0.15, 0.2) is 0 Å². The van der Waals surface area contributed by atoms with Crippen LogP contribution in [0.2, 0.25) is 0 Å². The van der Waals surface area contributed by atoms with Crippen LogP contribution in [0.4, 0.5) is 5.95 Å². The number of carbonyl (C=O) groups is 1. The van der Waals surface area contributed by atoms with Crippen molar-refractivity contribution in [3.63, 3.8) is 0 Å². The zero-order chi connectivity index (χ0) is 18.9. The number of amides is 1. The summed E-state index contributed by atoms with van der Waals surface area (Å²) in [5.41, 5.74) is 3.44. The molecule has 0 fully saturated rings. The van der Waals surface area contributed by atoms with Crippen molar-refractivity contribution in [3.8, 4) is 0 Å². The molecule has 8 heteroatoms. The van der Waals surface area contributed by atoms with Crippen LogP contribution in [0.1, 0.15) is 40.2 Å². The maximum Gasteiger partial charge on any atom is 0.258 e. The number of carbonyl (C=O) groups excluding carboxylic acids is 1. The predicted molar refractivity (Wildman–Crippen MR) is 98.7 cm³/mol. The number of aryl methyl sites for hydroxylation is 2. The minimum atomic E-state index is -3.52. The molecular formula is C18H22N4O3S. The van der Waals surface area contributed by atoms with E-state index in [1.165, 1.54) is 43.9 Å². The average Bonchev–Trinajstić information content (AvgIpc) is 2.61. The Kier molecular flexibility index (Phi) is 5.06. The van der Waals surface area contributed by atoms with Crippen molar-refractivity contribution in [1.82, 2.24) is 14.3 Å². The Morgan fingerprint density at radius 1 is 1.08 bits per heavy atom. The van der Waals surface area contributed by atoms with E-state index in [2.05, 4.69) is 15.3 Å². The third-order valence-corrected chi connectivity index (χ3v) is 6.34. The Morgan fingerprint density at radius 3 is 2.38 bits per heavy atom. The van der Waals surface area contributed by atoms with E-state index in [1.807, 2.05) is 6.92 Å². The lowest BCUT2D eigenvalue weighted by atomic mass is 9.95. The van der Waals surface area contributed by atoms with Gasteiger partial charge in [-0.3, -0.25) is 10.1 Å². The van der Waals surface area contributed by atoms with Gasteiger partial charge in [0.1, 0.15) is 0 Å². The fraction of sp³-hybridized carbons (Fsp3) is 0.389. The largest absolute Gasteiger partial charge is 0.290 e. The molecule has 138 valence electrons. The highest BCUT2D eigenvalue weighted by molar-refractivity contribution is 7.89. The van der Waals surface area contributed by atoms with E-state index in [4.69, 9.17) is 0 Å². The second kappa shape index (κ2) is 7.13. The molecule has 1 aliphatic carbocycles. The highest BCUT2D eigenvalue weighted by atomic mass is 32.2. The van der Waals surface area contributed by atoms with Gasteiger partial charge in [-0.15, -0.1) is 0 Å². The molecule has 1 aromatic heterocycles. The number of hydrogen-bond acceptors (Lipinski definition) is 5. The van der Waals surface area contributed by atoms with Crippen molar-refractivity contribution in [2.45, 2.75) is 37.5 Å². The molecule has 1 aromatic carbocycles. The summed E-state index contributed by atoms with van der Waals surface area (Å²) in [6, 6.07) is 5.81. The quantitative estimate of drug-likeness (QED) is 0.885. The van der Waals surface area contributed by atoms with Crippen LogP contribution in [0.15, 0.2) is 29.2 Å². The van der Waals surface area contributed by atoms with Crippen molar-refractivity contribution in [3.05, 3.63) is 46.8 Å². The molecule has 0 atom stereocenters. The highest BCUT2D eigenvalue weighted by Gasteiger charge is 2.19. The molecule has 3 rings (SSSR count). The summed E-state index contributed by atoms with van der Waals surface area (Å²) in [6.07, 6.45) is 4.12. The zero-order valence-electron chi connectivity index (χ0n) is 15.1. The fourth-order valence-electron chi connectivity index (χ4n) is 3.00. The Morgan fingerprint density at radius 2 is 1.73 bits per heavy atom. The van der Waals surface area contributed by atoms with Crippen molar-refractivity contribution >= 4 is 21.9 Å². The summed E-state index contributed by atoms with van der Waals surface area (Å²) in [5.74, 6) is -0.0768. The van der Waals surface area contributed by atoms with Crippen LogP contribution >= 0.6 is 0 Å². The normalized spacial score (nSPS) is 14.2. The van der Waals surface area contributed by atoms with E-state index >= 15 is 0 Å². The van der Waals surface area contributed by atoms with E-state index in [-0.39, 0.29) is 16.8 Å². The molecule has 0 radical (unpaired) electrons. The van der Waals surface area contributed by atoms with Gasteiger partial charge in [-0.25, -0.2) is 22.7 Å². The molecule has 0 saturated heterocycles. The number of sulfonamides is 1. The average molecular weight is 374 g/mol. The third kappa shape index (κ3) is 3.61. The molecule has 0 unspecified atom stereocenters. The van der Waals surface area contributed by atoms with Crippen molar-refractivity contribution < 1.29 is 13.2 Å². The van der Waals surface area contributed by atoms with Crippen molar-refractivity contribution in [2.75, 3.05) is 19.4 Å². The van der Waals surface area contributed by atoms with E-state index < -0.39 is 10.0 Å². The maximum atomic E-state index is 12.4. The number of nitrogens with one attached hydrogen (secondary N) is 1. The van der Waals surface area contributed by atoms with Gasteiger partial charge in [0, 0.05) is 31.0 Å². The molecule has 0 aliphatic heterocycles. The molecule has 1 N–H and O–H groups in total. The highest BCUT2D eigenvalue weighted by Crippen LogP contribution is 2.23. The van der Waals surface area contributed by atoms with Crippen LogP contribution in [0, 0.1) is 6.92 Å². The van der Waals surface area contributed by atoms with Crippen LogP contribution in [0.5, 0.6) is 0 Å². The Bertz CT molecular complexity index is 938. The van der Waals surface area contributed by atoms with E-state index in [0.717, 1.165) is 41.4 Å². The lowest BCUT2D eigenvalue weighted by molar-refractivity contribution is 0.102. The first-order valence-electron chi connectivity index (χ1n) is 8.49. The van der Waals surface area contributed by atoms with Crippen molar-refractivity contribution in [1.29, 1.82) is 0 Å². The number of anilines is 1. The molecule has 1 amide bonds. The first-order valence-corrected chi connectivity index (χ1v) is 9.93. The number of aromatic nitrogens is 2. The Hall–Kier alpha value is -2.32. The molecule has 1 heterocycles. The summed E-state index contributed by atoms with van der Waals surface area (Å²) >= 11 is 0. The molecule has 26 heavy (non-hydrogen) atoms. The van der Waals surface area contributed by atoms with Gasteiger partial charge in [-0.1, -0.05) is 0 Å². The number of fused-ring (bicyclic) bond motifs is 1. The zero-order valence-corrected chi connectivity index (χ0v) is 15.9. The van der Waals surface area contributed by atoms with Gasteiger partial charge in [-0.05, 0) is 62.4 Å². The summed E-state index contributed by atoms with van der Waals surface area (Å²) in [4.78, 5) is 21.4. The van der Waals surface area contributed by atoms with Gasteiger partial charge < -0.3 is 0 Å². The van der Waals surface area contributed by atoms with E-state index in [1.54, 1.807) is 0 Å². The fourth-order valence-corrected chi connectivity index (χ4v) is 3.90. The lowest BCUT2D eigenvalue weighted by Gasteiger charge is -2.17. The Balaban J connectivity index is 1.79. The number of rotatable bonds is 4. The minimum absolute atomic E-state index is 0.139. The SMILES string of the molecule is Cc1nc(NC(=O)c2ccc(S(=O)(=O)N(C)C)cc2)nc2c1CCCC2. The van der Waals surface area contributed by atoms with Gasteiger partial charge in [0.25, 0.3) is 5.91 Å². The number of nitrogens with zero attached hydrogens (tertiary/aromatic N) is 3. The van der Waals surface area contributed by atoms with Crippen LogP contribution in [-0.4, -0.2) is 42.7 Å². The molecule has 0 spiro atoms. The van der Waals surface area contributed by atoms with Crippen LogP contribution < -0.4 is 5.32 Å². The summed E-state index contributed by atoms with van der Waals surface area (Å²) in [7, 11) is -0.589. The first-order chi connectivity index (χ1) is 12.3. The summed E-state index contributed by atoms with van der Waals surface area (Å²) < 4.78 is 25.3. The predicted octanol–water partition coefficient (Wildman–Crippen LogP) is 2.17. The second-order valence-corrected chi connectivity index (χ2v) is 8.68. The molecule has 7 nitrogen and oxygen atoms in total. The Labute approximate surface area is 153 Å². The van der Waals surface area contributed by atoms with Crippen LogP contribution in [0.25, 0.3) is 0 Å². The van der Waals surface area contributed by atoms with Gasteiger partial charge in [0.05, 0.1) is 4.90 Å². The minimum Gasteiger partial charge on any atom is -0.290 e. The van der Waals surface area contributed by atoms with Crippen molar-refractivity contribution in [2.24, 2.45) is 0 Å². The monoisotopic (exact) mass is 374 g/mol. The topological polar surface area (TPSA) is 92.3 Å². The van der Waals surface area contributed by atoms with Gasteiger partial charge in [-0.2, -0.15) is 0 Å².